The number of nitrogen functional groups attached to an aromatic ring is 1. The van der Waals surface area contributed by atoms with Gasteiger partial charge in [-0.3, -0.25) is 0 Å². The van der Waals surface area contributed by atoms with E-state index < -0.39 is 0 Å². The smallest absolute Gasteiger partial charge is 0.219 e. The average molecular weight is 294 g/mol. The first-order valence-electron chi connectivity index (χ1n) is 5.43. The zero-order chi connectivity index (χ0) is 12.0. The second kappa shape index (κ2) is 3.57. The third-order valence-electron chi connectivity index (χ3n) is 3.05. The van der Waals surface area contributed by atoms with Gasteiger partial charge < -0.3 is 10.5 Å². The lowest BCUT2D eigenvalue weighted by Gasteiger charge is -2.14. The highest BCUT2D eigenvalue weighted by molar-refractivity contribution is 9.09. The Morgan fingerprint density at radius 2 is 2.18 bits per heavy atom. The highest BCUT2D eigenvalue weighted by atomic mass is 79.9. The van der Waals surface area contributed by atoms with Gasteiger partial charge in [-0.25, -0.2) is 9.97 Å². The molecule has 3 rings (SSSR count). The van der Waals surface area contributed by atoms with E-state index in [4.69, 9.17) is 10.5 Å². The van der Waals surface area contributed by atoms with Gasteiger partial charge in [0.2, 0.25) is 5.88 Å². The van der Waals surface area contributed by atoms with Gasteiger partial charge in [-0.15, -0.1) is 0 Å². The number of rotatable bonds is 2. The number of hydrogen-bond donors (Lipinski definition) is 1. The number of nitrogens with zero attached hydrogens (tertiary/aromatic N) is 2. The van der Waals surface area contributed by atoms with Crippen LogP contribution >= 0.6 is 15.9 Å². The zero-order valence-corrected chi connectivity index (χ0v) is 11.0. The second-order valence-electron chi connectivity index (χ2n) is 4.28. The van der Waals surface area contributed by atoms with Crippen molar-refractivity contribution in [1.82, 2.24) is 9.97 Å². The number of alkyl halides is 1. The van der Waals surface area contributed by atoms with Crippen molar-refractivity contribution in [3.05, 3.63) is 23.9 Å². The first-order chi connectivity index (χ1) is 8.14. The van der Waals surface area contributed by atoms with Crippen LogP contribution in [0, 0.1) is 0 Å². The van der Waals surface area contributed by atoms with Crippen molar-refractivity contribution in [2.24, 2.45) is 0 Å². The molecule has 17 heavy (non-hydrogen) atoms. The van der Waals surface area contributed by atoms with E-state index in [2.05, 4.69) is 25.9 Å². The maximum Gasteiger partial charge on any atom is 0.219 e. The van der Waals surface area contributed by atoms with E-state index in [9.17, 15) is 0 Å². The minimum absolute atomic E-state index is 0.0361. The molecule has 0 aromatic carbocycles. The van der Waals surface area contributed by atoms with Gasteiger partial charge in [-0.1, -0.05) is 15.9 Å². The summed E-state index contributed by atoms with van der Waals surface area (Å²) in [6.45, 7) is 0. The van der Waals surface area contributed by atoms with Crippen LogP contribution in [0.2, 0.25) is 0 Å². The Morgan fingerprint density at radius 1 is 1.41 bits per heavy atom. The number of halogens is 1. The number of pyridine rings is 2. The molecular formula is C12H12BrN3O. The van der Waals surface area contributed by atoms with E-state index in [1.165, 1.54) is 0 Å². The molecule has 1 aliphatic carbocycles. The highest BCUT2D eigenvalue weighted by Gasteiger charge is 2.46. The summed E-state index contributed by atoms with van der Waals surface area (Å²) in [6, 6.07) is 3.72. The van der Waals surface area contributed by atoms with Crippen LogP contribution in [0.1, 0.15) is 18.4 Å². The summed E-state index contributed by atoms with van der Waals surface area (Å²) in [4.78, 5) is 8.75. The maximum absolute atomic E-state index is 5.76. The molecule has 0 bridgehead atoms. The van der Waals surface area contributed by atoms with Crippen LogP contribution < -0.4 is 10.5 Å². The number of fused-ring (bicyclic) bond motifs is 1. The van der Waals surface area contributed by atoms with Crippen molar-refractivity contribution < 1.29 is 4.74 Å². The van der Waals surface area contributed by atoms with Gasteiger partial charge in [0.05, 0.1) is 22.5 Å². The average Bonchev–Trinajstić information content (AvgIpc) is 3.06. The summed E-state index contributed by atoms with van der Waals surface area (Å²) in [5.41, 5.74) is 7.66. The molecular weight excluding hydrogens is 282 g/mol. The number of methoxy groups -OCH3 is 1. The van der Waals surface area contributed by atoms with Gasteiger partial charge in [0.1, 0.15) is 5.82 Å². The molecule has 4 nitrogen and oxygen atoms in total. The second-order valence-corrected chi connectivity index (χ2v) is 5.80. The molecule has 1 saturated carbocycles. The molecule has 0 saturated heterocycles. The molecule has 1 fully saturated rings. The molecule has 1 aliphatic rings. The molecule has 0 spiro atoms. The van der Waals surface area contributed by atoms with Gasteiger partial charge in [0, 0.05) is 11.6 Å². The first-order valence-corrected chi connectivity index (χ1v) is 6.22. The van der Waals surface area contributed by atoms with Crippen LogP contribution in [0.3, 0.4) is 0 Å². The van der Waals surface area contributed by atoms with Gasteiger partial charge in [0.25, 0.3) is 0 Å². The molecule has 2 aromatic heterocycles. The standard InChI is InChI=1S/C12H12BrN3O/c1-17-11-9(12(13)4-5-12)10-7(6-15-11)2-3-8(14)16-10/h2-3,6H,4-5H2,1H3,(H2,14,16). The quantitative estimate of drug-likeness (QED) is 0.865. The monoisotopic (exact) mass is 293 g/mol. The van der Waals surface area contributed by atoms with E-state index in [-0.39, 0.29) is 4.32 Å². The minimum atomic E-state index is -0.0361. The molecule has 2 N–H and O–H groups in total. The molecule has 5 heteroatoms. The Hall–Kier alpha value is -1.36. The topological polar surface area (TPSA) is 61.0 Å². The molecule has 88 valence electrons. The number of ether oxygens (including phenoxy) is 1. The Labute approximate surface area is 107 Å². The summed E-state index contributed by atoms with van der Waals surface area (Å²) in [5, 5.41) is 0.987. The highest BCUT2D eigenvalue weighted by Crippen LogP contribution is 2.57. The summed E-state index contributed by atoms with van der Waals surface area (Å²) >= 11 is 3.73. The Kier molecular flexibility index (Phi) is 2.26. The summed E-state index contributed by atoms with van der Waals surface area (Å²) in [6.07, 6.45) is 3.91. The Bertz CT molecular complexity index is 596. The van der Waals surface area contributed by atoms with E-state index >= 15 is 0 Å². The third kappa shape index (κ3) is 1.65. The van der Waals surface area contributed by atoms with Crippen LogP contribution in [0.5, 0.6) is 5.88 Å². The van der Waals surface area contributed by atoms with Crippen LogP contribution in [0.25, 0.3) is 10.9 Å². The number of anilines is 1. The Balaban J connectivity index is 2.36. The van der Waals surface area contributed by atoms with E-state index in [1.54, 1.807) is 19.4 Å². The van der Waals surface area contributed by atoms with Crippen molar-refractivity contribution >= 4 is 32.7 Å². The van der Waals surface area contributed by atoms with Crippen LogP contribution in [0.4, 0.5) is 5.82 Å². The molecule has 0 unspecified atom stereocenters. The SMILES string of the molecule is COc1ncc2ccc(N)nc2c1C1(Br)CC1. The lowest BCUT2D eigenvalue weighted by Crippen LogP contribution is -2.05. The van der Waals surface area contributed by atoms with Crippen LogP contribution in [-0.4, -0.2) is 17.1 Å². The first kappa shape index (κ1) is 10.8. The van der Waals surface area contributed by atoms with Crippen molar-refractivity contribution in [2.75, 3.05) is 12.8 Å². The lowest BCUT2D eigenvalue weighted by atomic mass is 10.1. The number of hydrogen-bond acceptors (Lipinski definition) is 4. The van der Waals surface area contributed by atoms with Crippen molar-refractivity contribution in [1.29, 1.82) is 0 Å². The Morgan fingerprint density at radius 3 is 2.82 bits per heavy atom. The number of aromatic nitrogens is 2. The lowest BCUT2D eigenvalue weighted by molar-refractivity contribution is 0.393. The molecule has 0 radical (unpaired) electrons. The van der Waals surface area contributed by atoms with Crippen LogP contribution in [0.15, 0.2) is 18.3 Å². The van der Waals surface area contributed by atoms with E-state index in [0.717, 1.165) is 29.3 Å². The molecule has 0 amide bonds. The molecule has 2 aromatic rings. The van der Waals surface area contributed by atoms with Crippen molar-refractivity contribution in [2.45, 2.75) is 17.2 Å². The predicted octanol–water partition coefficient (Wildman–Crippen LogP) is 2.60. The maximum atomic E-state index is 5.76. The zero-order valence-electron chi connectivity index (χ0n) is 9.40. The summed E-state index contributed by atoms with van der Waals surface area (Å²) in [5.74, 6) is 1.15. The minimum Gasteiger partial charge on any atom is -0.481 e. The van der Waals surface area contributed by atoms with Gasteiger partial charge in [-0.05, 0) is 25.0 Å². The fourth-order valence-electron chi connectivity index (χ4n) is 2.00. The predicted molar refractivity (Wildman–Crippen MR) is 70.3 cm³/mol. The van der Waals surface area contributed by atoms with E-state index in [0.29, 0.717) is 11.7 Å². The normalized spacial score (nSPS) is 17.1. The summed E-state index contributed by atoms with van der Waals surface area (Å²) in [7, 11) is 1.63. The molecule has 0 atom stereocenters. The van der Waals surface area contributed by atoms with Crippen molar-refractivity contribution in [3.63, 3.8) is 0 Å². The van der Waals surface area contributed by atoms with Gasteiger partial charge in [-0.2, -0.15) is 0 Å². The van der Waals surface area contributed by atoms with Gasteiger partial charge in [0.15, 0.2) is 0 Å². The van der Waals surface area contributed by atoms with Gasteiger partial charge >= 0.3 is 0 Å². The van der Waals surface area contributed by atoms with Crippen molar-refractivity contribution in [3.8, 4) is 5.88 Å². The van der Waals surface area contributed by atoms with Crippen LogP contribution in [-0.2, 0) is 4.32 Å². The fraction of sp³-hybridized carbons (Fsp3) is 0.333. The fourth-order valence-corrected chi connectivity index (χ4v) is 2.56. The largest absolute Gasteiger partial charge is 0.481 e. The third-order valence-corrected chi connectivity index (χ3v) is 4.24. The summed E-state index contributed by atoms with van der Waals surface area (Å²) < 4.78 is 5.30. The molecule has 0 aliphatic heterocycles. The molecule has 2 heterocycles. The number of nitrogens with two attached hydrogens (primary N) is 1. The van der Waals surface area contributed by atoms with E-state index in [1.807, 2.05) is 6.07 Å².